The van der Waals surface area contributed by atoms with Crippen LogP contribution in [0, 0.1) is 0 Å². The molecular weight excluding hydrogens is 233 g/mol. The van der Waals surface area contributed by atoms with E-state index < -0.39 is 18.5 Å². The number of carbonyl (C=O) groups is 1. The molecule has 0 aliphatic heterocycles. The number of hydrogen-bond donors (Lipinski definition) is 1. The molecule has 1 aromatic carbocycles. The van der Waals surface area contributed by atoms with Gasteiger partial charge in [0.1, 0.15) is 6.42 Å². The molecule has 17 heavy (non-hydrogen) atoms. The smallest absolute Gasteiger partial charge is 0.397 e. The highest BCUT2D eigenvalue weighted by molar-refractivity contribution is 5.96. The molecule has 6 heteroatoms. The van der Waals surface area contributed by atoms with Gasteiger partial charge in [-0.3, -0.25) is 4.79 Å². The Morgan fingerprint density at radius 3 is 2.41 bits per heavy atom. The third kappa shape index (κ3) is 3.65. The molecule has 94 valence electrons. The molecule has 0 aliphatic rings. The standard InChI is InChI=1S/C11H13F3N2O/c1-2-16(10(17)7-11(12,13)14)9-6-4-3-5-8(9)15/h3-6H,2,7,15H2,1H3. The Morgan fingerprint density at radius 1 is 1.35 bits per heavy atom. The number of anilines is 2. The van der Waals surface area contributed by atoms with Crippen molar-refractivity contribution in [2.24, 2.45) is 0 Å². The quantitative estimate of drug-likeness (QED) is 0.833. The van der Waals surface area contributed by atoms with Crippen LogP contribution in [0.3, 0.4) is 0 Å². The SMILES string of the molecule is CCN(C(=O)CC(F)(F)F)c1ccccc1N. The largest absolute Gasteiger partial charge is 0.397 e. The lowest BCUT2D eigenvalue weighted by molar-refractivity contribution is -0.151. The molecule has 2 N–H and O–H groups in total. The van der Waals surface area contributed by atoms with Crippen molar-refractivity contribution in [2.75, 3.05) is 17.2 Å². The van der Waals surface area contributed by atoms with E-state index in [1.165, 1.54) is 6.07 Å². The van der Waals surface area contributed by atoms with Crippen LogP contribution in [0.2, 0.25) is 0 Å². The van der Waals surface area contributed by atoms with Gasteiger partial charge in [-0.2, -0.15) is 13.2 Å². The van der Waals surface area contributed by atoms with Crippen LogP contribution in [0.4, 0.5) is 24.5 Å². The molecule has 0 heterocycles. The first-order valence-corrected chi connectivity index (χ1v) is 5.06. The van der Waals surface area contributed by atoms with Crippen molar-refractivity contribution in [3.8, 4) is 0 Å². The van der Waals surface area contributed by atoms with Gasteiger partial charge in [0.25, 0.3) is 0 Å². The van der Waals surface area contributed by atoms with Gasteiger partial charge in [0.15, 0.2) is 0 Å². The van der Waals surface area contributed by atoms with E-state index in [9.17, 15) is 18.0 Å². The summed E-state index contributed by atoms with van der Waals surface area (Å²) in [6.45, 7) is 1.74. The molecule has 0 spiro atoms. The fraction of sp³-hybridized carbons (Fsp3) is 0.364. The second-order valence-corrected chi connectivity index (χ2v) is 3.49. The first kappa shape index (κ1) is 13.3. The van der Waals surface area contributed by atoms with Crippen molar-refractivity contribution in [1.29, 1.82) is 0 Å². The van der Waals surface area contributed by atoms with E-state index in [1.807, 2.05) is 0 Å². The number of nitrogens with zero attached hydrogens (tertiary/aromatic N) is 1. The Kier molecular flexibility index (Phi) is 3.98. The number of nitrogen functional groups attached to an aromatic ring is 1. The number of para-hydroxylation sites is 2. The van der Waals surface area contributed by atoms with Crippen LogP contribution >= 0.6 is 0 Å². The number of halogens is 3. The summed E-state index contributed by atoms with van der Waals surface area (Å²) in [5, 5.41) is 0. The first-order valence-electron chi connectivity index (χ1n) is 5.06. The molecule has 0 aromatic heterocycles. The van der Waals surface area contributed by atoms with Crippen LogP contribution in [0.25, 0.3) is 0 Å². The predicted molar refractivity (Wildman–Crippen MR) is 59.6 cm³/mol. The number of alkyl halides is 3. The Balaban J connectivity index is 2.93. The summed E-state index contributed by atoms with van der Waals surface area (Å²) < 4.78 is 36.4. The Bertz CT molecular complexity index is 404. The van der Waals surface area contributed by atoms with Crippen LogP contribution in [0.1, 0.15) is 13.3 Å². The van der Waals surface area contributed by atoms with Gasteiger partial charge in [0.05, 0.1) is 11.4 Å². The Hall–Kier alpha value is -1.72. The summed E-state index contributed by atoms with van der Waals surface area (Å²) in [7, 11) is 0. The Labute approximate surface area is 97.0 Å². The number of hydrogen-bond acceptors (Lipinski definition) is 2. The van der Waals surface area contributed by atoms with Crippen LogP contribution in [0.15, 0.2) is 24.3 Å². The molecule has 0 aliphatic carbocycles. The lowest BCUT2D eigenvalue weighted by Gasteiger charge is -2.23. The van der Waals surface area contributed by atoms with E-state index in [0.29, 0.717) is 5.69 Å². The monoisotopic (exact) mass is 246 g/mol. The maximum Gasteiger partial charge on any atom is 0.397 e. The molecular formula is C11H13F3N2O. The van der Waals surface area contributed by atoms with Gasteiger partial charge in [-0.15, -0.1) is 0 Å². The Morgan fingerprint density at radius 2 is 1.94 bits per heavy atom. The molecule has 0 saturated carbocycles. The average Bonchev–Trinajstić information content (AvgIpc) is 2.19. The molecule has 0 fully saturated rings. The van der Waals surface area contributed by atoms with Crippen LogP contribution in [-0.4, -0.2) is 18.6 Å². The molecule has 1 amide bonds. The maximum atomic E-state index is 12.1. The number of nitrogens with two attached hydrogens (primary N) is 1. The van der Waals surface area contributed by atoms with Crippen molar-refractivity contribution in [2.45, 2.75) is 19.5 Å². The number of benzene rings is 1. The van der Waals surface area contributed by atoms with Crippen molar-refractivity contribution in [3.05, 3.63) is 24.3 Å². The average molecular weight is 246 g/mol. The van der Waals surface area contributed by atoms with Crippen LogP contribution in [-0.2, 0) is 4.79 Å². The van der Waals surface area contributed by atoms with Crippen LogP contribution < -0.4 is 10.6 Å². The maximum absolute atomic E-state index is 12.1. The lowest BCUT2D eigenvalue weighted by atomic mass is 10.2. The van der Waals surface area contributed by atoms with E-state index in [0.717, 1.165) is 4.90 Å². The second kappa shape index (κ2) is 5.07. The highest BCUT2D eigenvalue weighted by Crippen LogP contribution is 2.26. The predicted octanol–water partition coefficient (Wildman–Crippen LogP) is 2.57. The van der Waals surface area contributed by atoms with E-state index in [-0.39, 0.29) is 12.2 Å². The number of carbonyl (C=O) groups excluding carboxylic acids is 1. The highest BCUT2D eigenvalue weighted by Gasteiger charge is 2.33. The zero-order chi connectivity index (χ0) is 13.1. The van der Waals surface area contributed by atoms with Gasteiger partial charge in [-0.25, -0.2) is 0 Å². The molecule has 0 atom stereocenters. The van der Waals surface area contributed by atoms with Gasteiger partial charge >= 0.3 is 6.18 Å². The normalized spacial score (nSPS) is 11.3. The summed E-state index contributed by atoms with van der Waals surface area (Å²) >= 11 is 0. The molecule has 1 rings (SSSR count). The zero-order valence-electron chi connectivity index (χ0n) is 9.29. The van der Waals surface area contributed by atoms with Gasteiger partial charge in [-0.05, 0) is 19.1 Å². The molecule has 3 nitrogen and oxygen atoms in total. The minimum Gasteiger partial charge on any atom is -0.397 e. The zero-order valence-corrected chi connectivity index (χ0v) is 9.29. The third-order valence-electron chi connectivity index (χ3n) is 2.20. The molecule has 0 bridgehead atoms. The fourth-order valence-corrected chi connectivity index (χ4v) is 1.48. The van der Waals surface area contributed by atoms with Gasteiger partial charge in [0.2, 0.25) is 5.91 Å². The van der Waals surface area contributed by atoms with E-state index >= 15 is 0 Å². The van der Waals surface area contributed by atoms with Gasteiger partial charge in [-0.1, -0.05) is 12.1 Å². The van der Waals surface area contributed by atoms with E-state index in [1.54, 1.807) is 25.1 Å². The van der Waals surface area contributed by atoms with Crippen molar-refractivity contribution in [1.82, 2.24) is 0 Å². The summed E-state index contributed by atoms with van der Waals surface area (Å²) in [5.74, 6) is -1.00. The summed E-state index contributed by atoms with van der Waals surface area (Å²) in [6, 6.07) is 6.34. The van der Waals surface area contributed by atoms with E-state index in [2.05, 4.69) is 0 Å². The lowest BCUT2D eigenvalue weighted by Crippen LogP contribution is -2.34. The second-order valence-electron chi connectivity index (χ2n) is 3.49. The molecule has 0 saturated heterocycles. The minimum atomic E-state index is -4.51. The van der Waals surface area contributed by atoms with Gasteiger partial charge in [0, 0.05) is 6.54 Å². The first-order chi connectivity index (χ1) is 7.85. The van der Waals surface area contributed by atoms with Crippen molar-refractivity contribution in [3.63, 3.8) is 0 Å². The van der Waals surface area contributed by atoms with Gasteiger partial charge < -0.3 is 10.6 Å². The number of rotatable bonds is 3. The van der Waals surface area contributed by atoms with Crippen molar-refractivity contribution >= 4 is 17.3 Å². The number of amides is 1. The molecule has 0 unspecified atom stereocenters. The highest BCUT2D eigenvalue weighted by atomic mass is 19.4. The minimum absolute atomic E-state index is 0.142. The topological polar surface area (TPSA) is 46.3 Å². The summed E-state index contributed by atoms with van der Waals surface area (Å²) in [6.07, 6.45) is -5.98. The summed E-state index contributed by atoms with van der Waals surface area (Å²) in [5.41, 5.74) is 6.22. The molecule has 0 radical (unpaired) electrons. The van der Waals surface area contributed by atoms with Crippen LogP contribution in [0.5, 0.6) is 0 Å². The fourth-order valence-electron chi connectivity index (χ4n) is 1.48. The van der Waals surface area contributed by atoms with Crippen molar-refractivity contribution < 1.29 is 18.0 Å². The third-order valence-corrected chi connectivity index (χ3v) is 2.20. The summed E-state index contributed by atoms with van der Waals surface area (Å²) in [4.78, 5) is 12.5. The van der Waals surface area contributed by atoms with E-state index in [4.69, 9.17) is 5.73 Å². The molecule has 1 aromatic rings.